The third kappa shape index (κ3) is 5.87. The van der Waals surface area contributed by atoms with E-state index in [2.05, 4.69) is 48.5 Å². The van der Waals surface area contributed by atoms with Crippen molar-refractivity contribution in [2.45, 2.75) is 51.4 Å². The monoisotopic (exact) mass is 665 g/mol. The number of ether oxygens (including phenoxy) is 2. The second kappa shape index (κ2) is 13.6. The first-order valence-corrected chi connectivity index (χ1v) is 17.4. The summed E-state index contributed by atoms with van der Waals surface area (Å²) in [6, 6.07) is 32.5. The van der Waals surface area contributed by atoms with Gasteiger partial charge in [0.05, 0.1) is 19.9 Å². The van der Waals surface area contributed by atoms with Crippen molar-refractivity contribution in [3.05, 3.63) is 147 Å². The molecule has 1 aromatic heterocycles. The number of halogens is 2. The van der Waals surface area contributed by atoms with Crippen molar-refractivity contribution >= 4 is 24.8 Å². The number of nitrogens with zero attached hydrogens (tertiary/aromatic N) is 3. The summed E-state index contributed by atoms with van der Waals surface area (Å²) in [4.78, 5) is 10.4. The van der Waals surface area contributed by atoms with Crippen LogP contribution < -0.4 is 9.47 Å². The van der Waals surface area contributed by atoms with E-state index in [4.69, 9.17) is 19.5 Å². The number of aromatic nitrogens is 1. The molecule has 250 valence electrons. The normalized spacial score (nSPS) is 15.3. The summed E-state index contributed by atoms with van der Waals surface area (Å²) in [5.74, 6) is 2.40. The summed E-state index contributed by atoms with van der Waals surface area (Å²) in [5.41, 5.74) is 12.0. The van der Waals surface area contributed by atoms with Gasteiger partial charge in [0.15, 0.2) is 5.84 Å². The fraction of sp³-hybridized carbons (Fsp3) is 0.238. The third-order valence-electron chi connectivity index (χ3n) is 10.4. The molecule has 0 N–H and O–H groups in total. The van der Waals surface area contributed by atoms with Gasteiger partial charge in [-0.25, -0.2) is 9.98 Å². The molecule has 0 radical (unpaired) electrons. The first-order valence-electron chi connectivity index (χ1n) is 17.4. The topological polar surface area (TPSA) is 48.1 Å². The number of amidine groups is 1. The minimum absolute atomic E-state index is 0.315. The van der Waals surface area contributed by atoms with Crippen LogP contribution in [0, 0.1) is 0 Å². The molecule has 5 aromatic rings. The number of aliphatic imine (C=N–C) groups is 2. The van der Waals surface area contributed by atoms with Gasteiger partial charge >= 0.3 is 7.40 Å². The van der Waals surface area contributed by atoms with Gasteiger partial charge in [-0.15, -0.1) is 0 Å². The summed E-state index contributed by atoms with van der Waals surface area (Å²) in [5, 5.41) is 0. The van der Waals surface area contributed by atoms with Crippen LogP contribution in [-0.2, 0) is 38.5 Å². The number of rotatable bonds is 10. The minimum atomic E-state index is -2.79. The first-order chi connectivity index (χ1) is 24.5. The molecular weight excluding hydrogens is 627 g/mol. The molecule has 5 nitrogen and oxygen atoms in total. The first kappa shape index (κ1) is 32.0. The molecule has 0 saturated carbocycles. The lowest BCUT2D eigenvalue weighted by atomic mass is 9.84. The van der Waals surface area contributed by atoms with E-state index in [-0.39, 0.29) is 0 Å². The van der Waals surface area contributed by atoms with E-state index < -0.39 is 7.40 Å². The molecule has 3 aliphatic rings. The quantitative estimate of drug-likeness (QED) is 0.140. The maximum atomic E-state index is 15.5. The predicted octanol–water partition coefficient (Wildman–Crippen LogP) is 9.24. The molecule has 50 heavy (non-hydrogen) atoms. The van der Waals surface area contributed by atoms with Gasteiger partial charge < -0.3 is 14.0 Å². The van der Waals surface area contributed by atoms with Crippen molar-refractivity contribution < 1.29 is 18.1 Å². The summed E-state index contributed by atoms with van der Waals surface area (Å²) >= 11 is 0. The van der Waals surface area contributed by atoms with Crippen molar-refractivity contribution in [2.24, 2.45) is 9.98 Å². The molecule has 1 aliphatic heterocycles. The SMILES string of the molecule is COc1ccc2c(c1)CCC1=C(CCc3ccccc3)/C(=N/c3c(CCc4ccccc4)c4c(n3B(F)F)-c3ccc(OC)cc3CC4)N=C12. The second-order valence-corrected chi connectivity index (χ2v) is 13.1. The van der Waals surface area contributed by atoms with Crippen LogP contribution in [0.4, 0.5) is 14.4 Å². The van der Waals surface area contributed by atoms with Gasteiger partial charge in [0.25, 0.3) is 0 Å². The fourth-order valence-electron chi connectivity index (χ4n) is 7.89. The molecule has 0 fully saturated rings. The van der Waals surface area contributed by atoms with Crippen LogP contribution in [0.15, 0.2) is 118 Å². The lowest BCUT2D eigenvalue weighted by Crippen LogP contribution is -2.17. The zero-order chi connectivity index (χ0) is 34.2. The van der Waals surface area contributed by atoms with Crippen molar-refractivity contribution in [3.8, 4) is 22.8 Å². The number of methoxy groups -OCH3 is 2. The molecule has 0 amide bonds. The predicted molar refractivity (Wildman–Crippen MR) is 198 cm³/mol. The van der Waals surface area contributed by atoms with Crippen molar-refractivity contribution in [3.63, 3.8) is 0 Å². The van der Waals surface area contributed by atoms with Gasteiger partial charge in [-0.2, -0.15) is 0 Å². The number of allylic oxidation sites excluding steroid dienone is 1. The van der Waals surface area contributed by atoms with E-state index in [9.17, 15) is 0 Å². The van der Waals surface area contributed by atoms with Gasteiger partial charge in [0, 0.05) is 22.4 Å². The van der Waals surface area contributed by atoms with Gasteiger partial charge in [-0.1, -0.05) is 60.7 Å². The van der Waals surface area contributed by atoms with Crippen LogP contribution in [0.1, 0.15) is 51.8 Å². The Kier molecular flexibility index (Phi) is 8.69. The molecule has 0 unspecified atom stereocenters. The Labute approximate surface area is 292 Å². The van der Waals surface area contributed by atoms with Gasteiger partial charge in [0.2, 0.25) is 0 Å². The highest BCUT2D eigenvalue weighted by Gasteiger charge is 2.36. The van der Waals surface area contributed by atoms with E-state index in [0.717, 1.165) is 88.3 Å². The number of hydrogen-bond acceptors (Lipinski definition) is 3. The van der Waals surface area contributed by atoms with Crippen LogP contribution in [-0.4, -0.2) is 37.6 Å². The average molecular weight is 666 g/mol. The maximum Gasteiger partial charge on any atom is 0.679 e. The van der Waals surface area contributed by atoms with E-state index >= 15 is 8.63 Å². The number of fused-ring (bicyclic) bond motifs is 6. The Hall–Kier alpha value is -5.24. The zero-order valence-corrected chi connectivity index (χ0v) is 28.4. The molecule has 2 heterocycles. The summed E-state index contributed by atoms with van der Waals surface area (Å²) in [6.45, 7) is 0. The molecule has 0 bridgehead atoms. The molecule has 8 heteroatoms. The highest BCUT2D eigenvalue weighted by atomic mass is 19.2. The lowest BCUT2D eigenvalue weighted by molar-refractivity contribution is 0.414. The van der Waals surface area contributed by atoms with Crippen LogP contribution in [0.5, 0.6) is 11.5 Å². The molecule has 2 aliphatic carbocycles. The zero-order valence-electron chi connectivity index (χ0n) is 28.4. The van der Waals surface area contributed by atoms with E-state index in [1.165, 1.54) is 21.2 Å². The summed E-state index contributed by atoms with van der Waals surface area (Å²) in [7, 11) is 0.525. The minimum Gasteiger partial charge on any atom is -0.497 e. The van der Waals surface area contributed by atoms with Crippen molar-refractivity contribution in [1.82, 2.24) is 4.48 Å². The molecule has 4 aromatic carbocycles. The molecule has 0 atom stereocenters. The van der Waals surface area contributed by atoms with E-state index in [1.807, 2.05) is 48.5 Å². The van der Waals surface area contributed by atoms with Gasteiger partial charge in [-0.3, -0.25) is 8.63 Å². The molecule has 8 rings (SSSR count). The van der Waals surface area contributed by atoms with Crippen molar-refractivity contribution in [2.75, 3.05) is 14.2 Å². The second-order valence-electron chi connectivity index (χ2n) is 13.1. The Morgan fingerprint density at radius 3 is 1.94 bits per heavy atom. The molecule has 0 spiro atoms. The standard InChI is InChI=1S/C42H38BF2N3O2/c1-49-31-17-23-33-29(25-31)15-21-35-37(19-13-27-9-5-3-6-10-27)41(46-39(33)35)47-42-38(20-14-28-11-7-4-8-12-28)36-22-16-30-26-32(50-2)18-24-34(30)40(36)48(42)43(44)45/h3-12,17-18,23-26H,13-16,19-22H2,1-2H3/b47-41-. The van der Waals surface area contributed by atoms with Gasteiger partial charge in [-0.05, 0) is 127 Å². The fourth-order valence-corrected chi connectivity index (χ4v) is 7.89. The largest absolute Gasteiger partial charge is 0.679 e. The van der Waals surface area contributed by atoms with Gasteiger partial charge in [0.1, 0.15) is 17.3 Å². The number of benzene rings is 4. The Morgan fingerprint density at radius 2 is 1.30 bits per heavy atom. The maximum absolute atomic E-state index is 15.5. The van der Waals surface area contributed by atoms with Crippen LogP contribution >= 0.6 is 0 Å². The van der Waals surface area contributed by atoms with E-state index in [1.54, 1.807) is 14.2 Å². The lowest BCUT2D eigenvalue weighted by Gasteiger charge is -2.20. The smallest absolute Gasteiger partial charge is 0.497 e. The highest BCUT2D eigenvalue weighted by molar-refractivity contribution is 6.43. The third-order valence-corrected chi connectivity index (χ3v) is 10.4. The number of hydrogen-bond donors (Lipinski definition) is 0. The van der Waals surface area contributed by atoms with Crippen LogP contribution in [0.25, 0.3) is 11.3 Å². The highest BCUT2D eigenvalue weighted by Crippen LogP contribution is 2.45. The summed E-state index contributed by atoms with van der Waals surface area (Å²) in [6.07, 6.45) is 5.91. The Bertz CT molecular complexity index is 2170. The summed E-state index contributed by atoms with van der Waals surface area (Å²) < 4.78 is 43.3. The number of aryl methyl sites for hydroxylation is 4. The van der Waals surface area contributed by atoms with E-state index in [0.29, 0.717) is 36.6 Å². The van der Waals surface area contributed by atoms with Crippen LogP contribution in [0.3, 0.4) is 0 Å². The Morgan fingerprint density at radius 1 is 0.700 bits per heavy atom. The van der Waals surface area contributed by atoms with Crippen LogP contribution in [0.2, 0.25) is 0 Å². The average Bonchev–Trinajstić information content (AvgIpc) is 3.68. The van der Waals surface area contributed by atoms with Crippen molar-refractivity contribution in [1.29, 1.82) is 0 Å². The molecular formula is C42H38BF2N3O2. The molecule has 0 saturated heterocycles. The Balaban J connectivity index is 1.31.